The van der Waals surface area contributed by atoms with Gasteiger partial charge in [0.15, 0.2) is 0 Å². The van der Waals surface area contributed by atoms with E-state index in [0.717, 1.165) is 28.4 Å². The molecule has 0 saturated carbocycles. The number of hydrogen-bond acceptors (Lipinski definition) is 2. The van der Waals surface area contributed by atoms with Crippen LogP contribution >= 0.6 is 0 Å². The van der Waals surface area contributed by atoms with E-state index in [1.807, 2.05) is 0 Å². The number of benzene rings is 9. The van der Waals surface area contributed by atoms with Crippen LogP contribution in [0.2, 0.25) is 0 Å². The van der Waals surface area contributed by atoms with Gasteiger partial charge in [0.1, 0.15) is 0 Å². The van der Waals surface area contributed by atoms with Crippen molar-refractivity contribution in [3.63, 3.8) is 0 Å². The van der Waals surface area contributed by atoms with Gasteiger partial charge in [0.2, 0.25) is 0 Å². The second-order valence-corrected chi connectivity index (χ2v) is 18.1. The Morgan fingerprint density at radius 2 is 0.677 bits per heavy atom. The van der Waals surface area contributed by atoms with Crippen LogP contribution < -0.4 is 9.80 Å². The highest BCUT2D eigenvalue weighted by molar-refractivity contribution is 5.90. The average molecular weight is 801 g/mol. The fraction of sp³-hybridized carbons (Fsp3) is 0.133. The van der Waals surface area contributed by atoms with Crippen LogP contribution in [0.25, 0.3) is 44.2 Å². The molecule has 302 valence electrons. The number of anilines is 6. The lowest BCUT2D eigenvalue weighted by Crippen LogP contribution is -2.34. The van der Waals surface area contributed by atoms with E-state index in [4.69, 9.17) is 0 Å². The molecular weight excluding hydrogens is 749 g/mol. The van der Waals surface area contributed by atoms with Crippen molar-refractivity contribution in [3.05, 3.63) is 230 Å². The summed E-state index contributed by atoms with van der Waals surface area (Å²) in [7, 11) is 0. The lowest BCUT2D eigenvalue weighted by molar-refractivity contribution is 0.332. The molecule has 0 saturated heterocycles. The Kier molecular flexibility index (Phi) is 10.1. The van der Waals surface area contributed by atoms with E-state index in [-0.39, 0.29) is 10.8 Å². The second kappa shape index (κ2) is 16.0. The van der Waals surface area contributed by atoms with Crippen molar-refractivity contribution in [2.24, 2.45) is 0 Å². The quantitative estimate of drug-likeness (QED) is 0.143. The highest BCUT2D eigenvalue weighted by atomic mass is 15.1. The first-order valence-electron chi connectivity index (χ1n) is 22.0. The SMILES string of the molecule is CC1(C)CCC(C)(C)c2cc(N(c3ccc(-c4ccc(N(c5ccccc5)c5cc(-c6ccccc6)cc(-c6ccccc6)c5)cc4)cc3)c3ccc4ccccc4c3)ccc21. The summed E-state index contributed by atoms with van der Waals surface area (Å²) in [6, 6.07) is 79.8. The van der Waals surface area contributed by atoms with Crippen LogP contribution in [0.1, 0.15) is 51.7 Å². The summed E-state index contributed by atoms with van der Waals surface area (Å²) in [4.78, 5) is 4.80. The monoisotopic (exact) mass is 800 g/mol. The molecule has 0 bridgehead atoms. The molecule has 0 radical (unpaired) electrons. The molecule has 0 atom stereocenters. The lowest BCUT2D eigenvalue weighted by atomic mass is 9.63. The third-order valence-electron chi connectivity index (χ3n) is 13.1. The van der Waals surface area contributed by atoms with Gasteiger partial charge in [-0.3, -0.25) is 0 Å². The zero-order valence-corrected chi connectivity index (χ0v) is 36.1. The Labute approximate surface area is 367 Å². The number of para-hydroxylation sites is 1. The molecule has 1 aliphatic carbocycles. The van der Waals surface area contributed by atoms with Crippen LogP contribution in [0.5, 0.6) is 0 Å². The van der Waals surface area contributed by atoms with E-state index in [9.17, 15) is 0 Å². The summed E-state index contributed by atoms with van der Waals surface area (Å²) in [5.74, 6) is 0. The fourth-order valence-electron chi connectivity index (χ4n) is 9.44. The van der Waals surface area contributed by atoms with Gasteiger partial charge in [-0.15, -0.1) is 0 Å². The van der Waals surface area contributed by atoms with Gasteiger partial charge in [-0.25, -0.2) is 0 Å². The first-order chi connectivity index (χ1) is 30.2. The third kappa shape index (κ3) is 7.58. The average Bonchev–Trinajstić information content (AvgIpc) is 3.32. The van der Waals surface area contributed by atoms with Crippen molar-refractivity contribution in [1.82, 2.24) is 0 Å². The van der Waals surface area contributed by atoms with E-state index in [1.54, 1.807) is 0 Å². The predicted molar refractivity (Wildman–Crippen MR) is 265 cm³/mol. The van der Waals surface area contributed by atoms with Gasteiger partial charge in [0.05, 0.1) is 0 Å². The van der Waals surface area contributed by atoms with Crippen LogP contribution in [-0.2, 0) is 10.8 Å². The highest BCUT2D eigenvalue weighted by Gasteiger charge is 2.37. The standard InChI is InChI=1S/C60H52N2/c1-59(2)36-37-60(3,4)58-42-55(34-35-57(58)59)62(54-33-28-45-20-14-15-21-48(45)39-54)53-31-26-47(27-32-53)46-24-29-52(30-25-46)61(51-22-12-7-13-23-51)56-40-49(43-16-8-5-9-17-43)38-50(41-56)44-18-10-6-11-19-44/h5-35,38-42H,36-37H2,1-4H3. The minimum absolute atomic E-state index is 0.108. The fourth-order valence-corrected chi connectivity index (χ4v) is 9.44. The van der Waals surface area contributed by atoms with Crippen LogP contribution in [0, 0.1) is 0 Å². The van der Waals surface area contributed by atoms with Gasteiger partial charge in [0.25, 0.3) is 0 Å². The van der Waals surface area contributed by atoms with Gasteiger partial charge >= 0.3 is 0 Å². The molecule has 1 aliphatic rings. The van der Waals surface area contributed by atoms with E-state index < -0.39 is 0 Å². The molecule has 9 aromatic rings. The molecule has 2 heteroatoms. The molecule has 0 spiro atoms. The largest absolute Gasteiger partial charge is 0.310 e. The molecule has 10 rings (SSSR count). The zero-order valence-electron chi connectivity index (χ0n) is 36.1. The molecule has 0 aliphatic heterocycles. The van der Waals surface area contributed by atoms with Crippen molar-refractivity contribution in [3.8, 4) is 33.4 Å². The molecule has 0 fully saturated rings. The maximum absolute atomic E-state index is 2.47. The van der Waals surface area contributed by atoms with Crippen LogP contribution in [0.3, 0.4) is 0 Å². The minimum atomic E-state index is 0.108. The maximum atomic E-state index is 2.47. The van der Waals surface area contributed by atoms with Crippen molar-refractivity contribution >= 4 is 44.9 Å². The Bertz CT molecular complexity index is 2930. The predicted octanol–water partition coefficient (Wildman–Crippen LogP) is 17.1. The summed E-state index contributed by atoms with van der Waals surface area (Å²) < 4.78 is 0. The summed E-state index contributed by atoms with van der Waals surface area (Å²) in [5.41, 5.74) is 17.1. The van der Waals surface area contributed by atoms with Crippen molar-refractivity contribution in [2.75, 3.05) is 9.80 Å². The molecule has 9 aromatic carbocycles. The van der Waals surface area contributed by atoms with Crippen molar-refractivity contribution in [1.29, 1.82) is 0 Å². The molecule has 0 aromatic heterocycles. The molecule has 0 amide bonds. The Hall–Kier alpha value is -7.16. The topological polar surface area (TPSA) is 6.48 Å². The molecule has 62 heavy (non-hydrogen) atoms. The Balaban J connectivity index is 1.03. The lowest BCUT2D eigenvalue weighted by Gasteiger charge is -2.42. The second-order valence-electron chi connectivity index (χ2n) is 18.1. The molecule has 2 nitrogen and oxygen atoms in total. The van der Waals surface area contributed by atoms with E-state index >= 15 is 0 Å². The number of rotatable bonds is 9. The van der Waals surface area contributed by atoms with E-state index in [0.29, 0.717) is 0 Å². The first kappa shape index (κ1) is 39.0. The summed E-state index contributed by atoms with van der Waals surface area (Å²) in [6.45, 7) is 9.62. The molecular formula is C60H52N2. The minimum Gasteiger partial charge on any atom is -0.310 e. The molecule has 0 N–H and O–H groups in total. The number of hydrogen-bond donors (Lipinski definition) is 0. The van der Waals surface area contributed by atoms with Crippen LogP contribution in [0.15, 0.2) is 218 Å². The first-order valence-corrected chi connectivity index (χ1v) is 22.0. The number of fused-ring (bicyclic) bond motifs is 2. The van der Waals surface area contributed by atoms with Gasteiger partial charge in [-0.2, -0.15) is 0 Å². The zero-order chi connectivity index (χ0) is 42.3. The third-order valence-corrected chi connectivity index (χ3v) is 13.1. The van der Waals surface area contributed by atoms with Gasteiger partial charge in [-0.1, -0.05) is 167 Å². The van der Waals surface area contributed by atoms with Crippen LogP contribution in [-0.4, -0.2) is 0 Å². The van der Waals surface area contributed by atoms with Gasteiger partial charge in [-0.05, 0) is 158 Å². The summed E-state index contributed by atoms with van der Waals surface area (Å²) >= 11 is 0. The maximum Gasteiger partial charge on any atom is 0.0473 e. The van der Waals surface area contributed by atoms with E-state index in [2.05, 4.69) is 256 Å². The van der Waals surface area contributed by atoms with Crippen LogP contribution in [0.4, 0.5) is 34.1 Å². The summed E-state index contributed by atoms with van der Waals surface area (Å²) in [6.07, 6.45) is 2.38. The van der Waals surface area contributed by atoms with Crippen molar-refractivity contribution in [2.45, 2.75) is 51.4 Å². The van der Waals surface area contributed by atoms with Gasteiger partial charge < -0.3 is 9.80 Å². The Morgan fingerprint density at radius 3 is 1.24 bits per heavy atom. The number of nitrogens with zero attached hydrogens (tertiary/aromatic N) is 2. The van der Waals surface area contributed by atoms with Gasteiger partial charge in [0, 0.05) is 34.1 Å². The Morgan fingerprint density at radius 1 is 0.274 bits per heavy atom. The molecule has 0 unspecified atom stereocenters. The molecule has 0 heterocycles. The summed E-state index contributed by atoms with van der Waals surface area (Å²) in [5, 5.41) is 2.48. The normalized spacial score (nSPS) is 13.9. The van der Waals surface area contributed by atoms with E-state index in [1.165, 1.54) is 73.8 Å². The van der Waals surface area contributed by atoms with Crippen molar-refractivity contribution < 1.29 is 0 Å². The highest BCUT2D eigenvalue weighted by Crippen LogP contribution is 2.49. The smallest absolute Gasteiger partial charge is 0.0473 e.